The Bertz CT molecular complexity index is 2480. The predicted octanol–water partition coefficient (Wildman–Crippen LogP) is 12.3. The summed E-state index contributed by atoms with van der Waals surface area (Å²) in [6.45, 7) is 0. The molecule has 0 aliphatic heterocycles. The minimum atomic E-state index is 0.946. The Kier molecular flexibility index (Phi) is 6.84. The van der Waals surface area contributed by atoms with Crippen molar-refractivity contribution in [2.24, 2.45) is 0 Å². The molecular weight excluding hydrogens is 581 g/mol. The number of hydrogen-bond acceptors (Lipinski definition) is 2. The van der Waals surface area contributed by atoms with Crippen molar-refractivity contribution in [3.8, 4) is 55.9 Å². The van der Waals surface area contributed by atoms with Crippen molar-refractivity contribution in [2.75, 3.05) is 0 Å². The number of fused-ring (bicyclic) bond motifs is 6. The molecule has 0 saturated carbocycles. The van der Waals surface area contributed by atoms with E-state index in [0.29, 0.717) is 0 Å². The lowest BCUT2D eigenvalue weighted by Crippen LogP contribution is -1.89. The molecule has 7 aromatic carbocycles. The Hall–Kier alpha value is -6.38. The van der Waals surface area contributed by atoms with Gasteiger partial charge in [0.2, 0.25) is 0 Å². The minimum Gasteiger partial charge on any atom is -0.256 e. The molecule has 224 valence electrons. The van der Waals surface area contributed by atoms with Crippen LogP contribution in [0.2, 0.25) is 0 Å². The highest BCUT2D eigenvalue weighted by atomic mass is 14.7. The Morgan fingerprint density at radius 3 is 1.04 bits per heavy atom. The van der Waals surface area contributed by atoms with E-state index >= 15 is 0 Å². The molecule has 0 spiro atoms. The number of pyridine rings is 2. The van der Waals surface area contributed by atoms with Gasteiger partial charge in [-0.2, -0.15) is 0 Å². The largest absolute Gasteiger partial charge is 0.256 e. The van der Waals surface area contributed by atoms with Crippen LogP contribution in [-0.2, 0) is 0 Å². The Morgan fingerprint density at radius 1 is 0.229 bits per heavy atom. The molecule has 0 saturated heterocycles. The van der Waals surface area contributed by atoms with Gasteiger partial charge in [0.1, 0.15) is 0 Å². The van der Waals surface area contributed by atoms with Crippen molar-refractivity contribution in [2.45, 2.75) is 0 Å². The summed E-state index contributed by atoms with van der Waals surface area (Å²) in [6, 6.07) is 60.8. The van der Waals surface area contributed by atoms with Crippen LogP contribution >= 0.6 is 0 Å². The maximum absolute atomic E-state index is 4.62. The number of hydrogen-bond donors (Lipinski definition) is 0. The third-order valence-electron chi connectivity index (χ3n) is 9.37. The zero-order valence-electron chi connectivity index (χ0n) is 26.2. The van der Waals surface area contributed by atoms with Crippen LogP contribution in [0.1, 0.15) is 0 Å². The fourth-order valence-electron chi connectivity index (χ4n) is 6.95. The first-order chi connectivity index (χ1) is 23.8. The van der Waals surface area contributed by atoms with E-state index < -0.39 is 0 Å². The van der Waals surface area contributed by atoms with Gasteiger partial charge in [0.05, 0.1) is 11.4 Å². The van der Waals surface area contributed by atoms with Crippen molar-refractivity contribution in [3.05, 3.63) is 182 Å². The zero-order chi connectivity index (χ0) is 31.9. The predicted molar refractivity (Wildman–Crippen MR) is 202 cm³/mol. The normalized spacial score (nSPS) is 11.3. The van der Waals surface area contributed by atoms with Gasteiger partial charge in [-0.05, 0) is 114 Å². The van der Waals surface area contributed by atoms with Crippen molar-refractivity contribution < 1.29 is 0 Å². The Labute approximate surface area is 279 Å². The van der Waals surface area contributed by atoms with Gasteiger partial charge in [-0.1, -0.05) is 121 Å². The second kappa shape index (κ2) is 11.8. The summed E-state index contributed by atoms with van der Waals surface area (Å²) in [4.78, 5) is 9.24. The molecule has 2 heterocycles. The van der Waals surface area contributed by atoms with Crippen LogP contribution in [0.25, 0.3) is 88.2 Å². The molecule has 2 heteroatoms. The summed E-state index contributed by atoms with van der Waals surface area (Å²) in [6.07, 6.45) is 3.68. The standard InChI is InChI=1S/C46H30N2/c1-2-11-41-39(9-1)40-10-3-4-12-42(40)44-30-35(23-24-43(41)44)33-19-15-31(16-20-33)32-17-21-34(22-18-32)36-27-37(45-13-5-7-25-47-45)29-38(28-36)46-14-6-8-26-48-46/h1-30H. The monoisotopic (exact) mass is 610 g/mol. The van der Waals surface area contributed by atoms with E-state index in [1.54, 1.807) is 0 Å². The maximum Gasteiger partial charge on any atom is 0.0702 e. The molecule has 0 aliphatic rings. The average Bonchev–Trinajstić information content (AvgIpc) is 3.18. The molecule has 0 radical (unpaired) electrons. The summed E-state index contributed by atoms with van der Waals surface area (Å²) >= 11 is 0. The van der Waals surface area contributed by atoms with Crippen LogP contribution in [0.4, 0.5) is 0 Å². The van der Waals surface area contributed by atoms with Gasteiger partial charge in [0, 0.05) is 23.5 Å². The molecular formula is C46H30N2. The molecule has 0 aliphatic carbocycles. The first-order valence-corrected chi connectivity index (χ1v) is 16.3. The van der Waals surface area contributed by atoms with Crippen LogP contribution in [-0.4, -0.2) is 9.97 Å². The molecule has 0 amide bonds. The van der Waals surface area contributed by atoms with Crippen molar-refractivity contribution in [1.82, 2.24) is 9.97 Å². The average molecular weight is 611 g/mol. The SMILES string of the molecule is c1ccc(-c2cc(-c3ccc(-c4ccc(-c5ccc6c7ccccc7c7ccccc7c6c5)cc4)cc3)cc(-c3ccccn3)c2)nc1. The van der Waals surface area contributed by atoms with E-state index in [0.717, 1.165) is 33.6 Å². The van der Waals surface area contributed by atoms with Gasteiger partial charge in [-0.25, -0.2) is 0 Å². The van der Waals surface area contributed by atoms with Gasteiger partial charge in [0.25, 0.3) is 0 Å². The van der Waals surface area contributed by atoms with E-state index in [1.807, 2.05) is 36.7 Å². The highest BCUT2D eigenvalue weighted by molar-refractivity contribution is 6.25. The van der Waals surface area contributed by atoms with Crippen LogP contribution in [0.3, 0.4) is 0 Å². The molecule has 0 N–H and O–H groups in total. The van der Waals surface area contributed by atoms with Gasteiger partial charge in [-0.3, -0.25) is 9.97 Å². The van der Waals surface area contributed by atoms with E-state index in [4.69, 9.17) is 0 Å². The molecule has 0 unspecified atom stereocenters. The first kappa shape index (κ1) is 27.9. The summed E-state index contributed by atoms with van der Waals surface area (Å²) < 4.78 is 0. The lowest BCUT2D eigenvalue weighted by atomic mass is 9.91. The smallest absolute Gasteiger partial charge is 0.0702 e. The second-order valence-electron chi connectivity index (χ2n) is 12.2. The molecule has 9 aromatic rings. The molecule has 2 aromatic heterocycles. The van der Waals surface area contributed by atoms with Gasteiger partial charge < -0.3 is 0 Å². The maximum atomic E-state index is 4.62. The van der Waals surface area contributed by atoms with E-state index in [9.17, 15) is 0 Å². The van der Waals surface area contributed by atoms with Gasteiger partial charge >= 0.3 is 0 Å². The summed E-state index contributed by atoms with van der Waals surface area (Å²) in [5.41, 5.74) is 11.1. The number of benzene rings is 7. The lowest BCUT2D eigenvalue weighted by molar-refractivity contribution is 1.31. The van der Waals surface area contributed by atoms with E-state index in [2.05, 4.69) is 156 Å². The quantitative estimate of drug-likeness (QED) is 0.181. The molecule has 2 nitrogen and oxygen atoms in total. The lowest BCUT2D eigenvalue weighted by Gasteiger charge is -2.12. The van der Waals surface area contributed by atoms with Crippen molar-refractivity contribution >= 4 is 32.3 Å². The van der Waals surface area contributed by atoms with E-state index in [-0.39, 0.29) is 0 Å². The third kappa shape index (κ3) is 5.01. The van der Waals surface area contributed by atoms with Gasteiger partial charge in [-0.15, -0.1) is 0 Å². The first-order valence-electron chi connectivity index (χ1n) is 16.3. The van der Waals surface area contributed by atoms with Gasteiger partial charge in [0.15, 0.2) is 0 Å². The fraction of sp³-hybridized carbons (Fsp3) is 0. The van der Waals surface area contributed by atoms with Crippen LogP contribution < -0.4 is 0 Å². The van der Waals surface area contributed by atoms with Crippen LogP contribution in [0.5, 0.6) is 0 Å². The molecule has 0 bridgehead atoms. The highest BCUT2D eigenvalue weighted by Gasteiger charge is 2.11. The van der Waals surface area contributed by atoms with Crippen molar-refractivity contribution in [1.29, 1.82) is 0 Å². The third-order valence-corrected chi connectivity index (χ3v) is 9.37. The number of nitrogens with zero attached hydrogens (tertiary/aromatic N) is 2. The second-order valence-corrected chi connectivity index (χ2v) is 12.2. The molecule has 0 atom stereocenters. The number of rotatable bonds is 5. The van der Waals surface area contributed by atoms with Crippen LogP contribution in [0.15, 0.2) is 182 Å². The summed E-state index contributed by atoms with van der Waals surface area (Å²) in [5, 5.41) is 7.78. The number of aromatic nitrogens is 2. The Morgan fingerprint density at radius 2 is 0.583 bits per heavy atom. The summed E-state index contributed by atoms with van der Waals surface area (Å²) in [7, 11) is 0. The van der Waals surface area contributed by atoms with E-state index in [1.165, 1.54) is 54.6 Å². The topological polar surface area (TPSA) is 25.8 Å². The molecule has 9 rings (SSSR count). The van der Waals surface area contributed by atoms with Crippen LogP contribution in [0, 0.1) is 0 Å². The highest BCUT2D eigenvalue weighted by Crippen LogP contribution is 2.38. The molecule has 0 fully saturated rings. The zero-order valence-corrected chi connectivity index (χ0v) is 26.2. The fourth-order valence-corrected chi connectivity index (χ4v) is 6.95. The Balaban J connectivity index is 1.05. The summed E-state index contributed by atoms with van der Waals surface area (Å²) in [5.74, 6) is 0. The molecule has 48 heavy (non-hydrogen) atoms. The van der Waals surface area contributed by atoms with Crippen molar-refractivity contribution in [3.63, 3.8) is 0 Å². The minimum absolute atomic E-state index is 0.946.